The first-order chi connectivity index (χ1) is 9.56. The van der Waals surface area contributed by atoms with Gasteiger partial charge in [-0.3, -0.25) is 9.89 Å². The van der Waals surface area contributed by atoms with Gasteiger partial charge < -0.3 is 9.64 Å². The van der Waals surface area contributed by atoms with Crippen molar-refractivity contribution in [2.45, 2.75) is 6.54 Å². The quantitative estimate of drug-likeness (QED) is 0.923. The van der Waals surface area contributed by atoms with Crippen LogP contribution in [0.3, 0.4) is 0 Å². The Balaban J connectivity index is 1.88. The number of ether oxygens (including phenoxy) is 1. The van der Waals surface area contributed by atoms with Gasteiger partial charge in [-0.1, -0.05) is 23.2 Å². The zero-order valence-corrected chi connectivity index (χ0v) is 12.3. The van der Waals surface area contributed by atoms with Gasteiger partial charge in [-0.05, 0) is 18.2 Å². The maximum absolute atomic E-state index is 11.9. The highest BCUT2D eigenvalue weighted by Gasteiger charge is 2.12. The van der Waals surface area contributed by atoms with E-state index in [1.165, 1.54) is 0 Å². The molecule has 2 aromatic rings. The van der Waals surface area contributed by atoms with Crippen molar-refractivity contribution in [3.63, 3.8) is 0 Å². The number of rotatable bonds is 5. The van der Waals surface area contributed by atoms with Gasteiger partial charge in [-0.15, -0.1) is 0 Å². The second kappa shape index (κ2) is 6.63. The molecule has 1 N–H and O–H groups in total. The smallest absolute Gasteiger partial charge is 0.260 e. The molecule has 7 heteroatoms. The highest BCUT2D eigenvalue weighted by Crippen LogP contribution is 2.27. The van der Waals surface area contributed by atoms with Crippen LogP contribution in [-0.4, -0.2) is 34.7 Å². The van der Waals surface area contributed by atoms with Crippen LogP contribution in [0.5, 0.6) is 5.75 Å². The summed E-state index contributed by atoms with van der Waals surface area (Å²) >= 11 is 11.7. The Hall–Kier alpha value is -1.72. The maximum atomic E-state index is 11.9. The summed E-state index contributed by atoms with van der Waals surface area (Å²) in [5.41, 5.74) is 0.922. The minimum atomic E-state index is -0.155. The molecular formula is C13H13Cl2N3O2. The zero-order valence-electron chi connectivity index (χ0n) is 10.8. The molecule has 1 aromatic carbocycles. The first-order valence-corrected chi connectivity index (χ1v) is 6.61. The molecule has 0 aliphatic carbocycles. The van der Waals surface area contributed by atoms with Gasteiger partial charge >= 0.3 is 0 Å². The van der Waals surface area contributed by atoms with E-state index in [1.54, 1.807) is 42.5 Å². The average Bonchev–Trinajstić information content (AvgIpc) is 2.90. The lowest BCUT2D eigenvalue weighted by molar-refractivity contribution is -0.132. The topological polar surface area (TPSA) is 58.2 Å². The van der Waals surface area contributed by atoms with Crippen LogP contribution >= 0.6 is 23.2 Å². The third-order valence-electron chi connectivity index (χ3n) is 2.65. The van der Waals surface area contributed by atoms with Crippen LogP contribution in [0.2, 0.25) is 10.0 Å². The van der Waals surface area contributed by atoms with Gasteiger partial charge in [-0.25, -0.2) is 0 Å². The average molecular weight is 314 g/mol. The van der Waals surface area contributed by atoms with Gasteiger partial charge in [-0.2, -0.15) is 5.10 Å². The summed E-state index contributed by atoms with van der Waals surface area (Å²) in [6.45, 7) is 0.378. The number of likely N-dealkylation sites (N-methyl/N-ethyl adjacent to an activating group) is 1. The first-order valence-electron chi connectivity index (χ1n) is 5.85. The number of carbonyl (C=O) groups excluding carboxylic acids is 1. The van der Waals surface area contributed by atoms with Crippen molar-refractivity contribution in [1.82, 2.24) is 15.1 Å². The molecule has 20 heavy (non-hydrogen) atoms. The molecule has 0 saturated heterocycles. The molecule has 0 fully saturated rings. The second-order valence-electron chi connectivity index (χ2n) is 4.22. The van der Waals surface area contributed by atoms with Crippen LogP contribution in [0, 0.1) is 0 Å². The summed E-state index contributed by atoms with van der Waals surface area (Å²) in [5.74, 6) is 0.276. The summed E-state index contributed by atoms with van der Waals surface area (Å²) in [6, 6.07) is 4.86. The molecule has 106 valence electrons. The first kappa shape index (κ1) is 14.7. The molecule has 1 aromatic heterocycles. The van der Waals surface area contributed by atoms with E-state index < -0.39 is 0 Å². The standard InChI is InChI=1S/C13H13Cl2N3O2/c1-18(7-9-5-16-17-6-9)13(19)8-20-12-3-2-10(14)4-11(12)15/h2-6H,7-8H2,1H3,(H,16,17). The summed E-state index contributed by atoms with van der Waals surface area (Å²) in [4.78, 5) is 13.5. The molecule has 2 rings (SSSR count). The van der Waals surface area contributed by atoms with E-state index in [0.717, 1.165) is 5.56 Å². The number of aromatic nitrogens is 2. The Morgan fingerprint density at radius 2 is 2.25 bits per heavy atom. The molecule has 0 aliphatic rings. The number of halogens is 2. The molecule has 0 aliphatic heterocycles. The fourth-order valence-electron chi connectivity index (χ4n) is 1.57. The number of hydrogen-bond donors (Lipinski definition) is 1. The lowest BCUT2D eigenvalue weighted by Crippen LogP contribution is -2.30. The Kier molecular flexibility index (Phi) is 4.87. The monoisotopic (exact) mass is 313 g/mol. The number of carbonyl (C=O) groups is 1. The highest BCUT2D eigenvalue weighted by atomic mass is 35.5. The van der Waals surface area contributed by atoms with Crippen molar-refractivity contribution in [1.29, 1.82) is 0 Å². The van der Waals surface area contributed by atoms with E-state index in [2.05, 4.69) is 10.2 Å². The molecule has 0 bridgehead atoms. The third kappa shape index (κ3) is 3.88. The number of H-pyrrole nitrogens is 1. The number of hydrogen-bond acceptors (Lipinski definition) is 3. The minimum Gasteiger partial charge on any atom is -0.482 e. The van der Waals surface area contributed by atoms with E-state index >= 15 is 0 Å². The lowest BCUT2D eigenvalue weighted by Gasteiger charge is -2.16. The number of nitrogens with zero attached hydrogens (tertiary/aromatic N) is 2. The summed E-state index contributed by atoms with van der Waals surface area (Å²) in [7, 11) is 1.70. The van der Waals surface area contributed by atoms with Gasteiger partial charge in [0.2, 0.25) is 0 Å². The molecule has 0 radical (unpaired) electrons. The molecule has 1 heterocycles. The Morgan fingerprint density at radius 3 is 2.90 bits per heavy atom. The number of benzene rings is 1. The largest absolute Gasteiger partial charge is 0.482 e. The number of nitrogens with one attached hydrogen (secondary N) is 1. The zero-order chi connectivity index (χ0) is 14.5. The molecule has 0 atom stereocenters. The van der Waals surface area contributed by atoms with Crippen LogP contribution in [0.1, 0.15) is 5.56 Å². The van der Waals surface area contributed by atoms with Crippen LogP contribution in [0.15, 0.2) is 30.6 Å². The van der Waals surface area contributed by atoms with Gasteiger partial charge in [0.15, 0.2) is 6.61 Å². The van der Waals surface area contributed by atoms with Crippen molar-refractivity contribution in [2.24, 2.45) is 0 Å². The summed E-state index contributed by atoms with van der Waals surface area (Å²) in [5, 5.41) is 7.42. The molecular weight excluding hydrogens is 301 g/mol. The summed E-state index contributed by atoms with van der Waals surface area (Å²) < 4.78 is 5.39. The van der Waals surface area contributed by atoms with Crippen molar-refractivity contribution in [2.75, 3.05) is 13.7 Å². The molecule has 0 spiro atoms. The van der Waals surface area contributed by atoms with Gasteiger partial charge in [0, 0.05) is 30.4 Å². The van der Waals surface area contributed by atoms with E-state index in [0.29, 0.717) is 22.3 Å². The molecule has 0 unspecified atom stereocenters. The number of amides is 1. The fraction of sp³-hybridized carbons (Fsp3) is 0.231. The van der Waals surface area contributed by atoms with Crippen molar-refractivity contribution in [3.05, 3.63) is 46.2 Å². The van der Waals surface area contributed by atoms with Crippen LogP contribution < -0.4 is 4.74 Å². The van der Waals surface area contributed by atoms with E-state index in [4.69, 9.17) is 27.9 Å². The maximum Gasteiger partial charge on any atom is 0.260 e. The van der Waals surface area contributed by atoms with Crippen LogP contribution in [0.25, 0.3) is 0 Å². The molecule has 5 nitrogen and oxygen atoms in total. The van der Waals surface area contributed by atoms with Gasteiger partial charge in [0.05, 0.1) is 11.2 Å². The van der Waals surface area contributed by atoms with Crippen LogP contribution in [0.4, 0.5) is 0 Å². The van der Waals surface area contributed by atoms with Crippen LogP contribution in [-0.2, 0) is 11.3 Å². The van der Waals surface area contributed by atoms with Crippen molar-refractivity contribution in [3.8, 4) is 5.75 Å². The van der Waals surface area contributed by atoms with E-state index in [-0.39, 0.29) is 12.5 Å². The van der Waals surface area contributed by atoms with Crippen molar-refractivity contribution < 1.29 is 9.53 Å². The number of aromatic amines is 1. The normalized spacial score (nSPS) is 10.3. The van der Waals surface area contributed by atoms with Gasteiger partial charge in [0.25, 0.3) is 5.91 Å². The predicted molar refractivity (Wildman–Crippen MR) is 77.0 cm³/mol. The van der Waals surface area contributed by atoms with Gasteiger partial charge in [0.1, 0.15) is 5.75 Å². The Labute approximate surface area is 126 Å². The second-order valence-corrected chi connectivity index (χ2v) is 5.06. The highest BCUT2D eigenvalue weighted by molar-refractivity contribution is 6.35. The lowest BCUT2D eigenvalue weighted by atomic mass is 10.3. The minimum absolute atomic E-state index is 0.0876. The molecule has 1 amide bonds. The SMILES string of the molecule is CN(Cc1cn[nH]c1)C(=O)COc1ccc(Cl)cc1Cl. The van der Waals surface area contributed by atoms with Crippen molar-refractivity contribution >= 4 is 29.1 Å². The molecule has 0 saturated carbocycles. The van der Waals surface area contributed by atoms with E-state index in [9.17, 15) is 4.79 Å². The van der Waals surface area contributed by atoms with E-state index in [1.807, 2.05) is 0 Å². The predicted octanol–water partition coefficient (Wildman–Crippen LogP) is 2.75. The summed E-state index contributed by atoms with van der Waals surface area (Å²) in [6.07, 6.45) is 3.40. The Morgan fingerprint density at radius 1 is 1.45 bits per heavy atom. The Bertz CT molecular complexity index is 587. The third-order valence-corrected chi connectivity index (χ3v) is 3.18. The fourth-order valence-corrected chi connectivity index (χ4v) is 2.03.